The molecule has 1 aromatic rings. The SMILES string of the molecule is CC(NCC1CCCOC1)c1ccc(C#N)cc1. The summed E-state index contributed by atoms with van der Waals surface area (Å²) in [4.78, 5) is 0. The van der Waals surface area contributed by atoms with Gasteiger partial charge < -0.3 is 10.1 Å². The van der Waals surface area contributed by atoms with Crippen LogP contribution in [-0.4, -0.2) is 19.8 Å². The van der Waals surface area contributed by atoms with Crippen LogP contribution < -0.4 is 5.32 Å². The number of rotatable bonds is 4. The molecule has 0 saturated carbocycles. The zero-order chi connectivity index (χ0) is 12.8. The fourth-order valence-corrected chi connectivity index (χ4v) is 2.28. The summed E-state index contributed by atoms with van der Waals surface area (Å²) in [6.45, 7) is 4.96. The lowest BCUT2D eigenvalue weighted by molar-refractivity contribution is 0.0540. The molecule has 0 radical (unpaired) electrons. The highest BCUT2D eigenvalue weighted by Crippen LogP contribution is 2.16. The quantitative estimate of drug-likeness (QED) is 0.885. The topological polar surface area (TPSA) is 45.0 Å². The Balaban J connectivity index is 1.83. The van der Waals surface area contributed by atoms with Crippen LogP contribution >= 0.6 is 0 Å². The Hall–Kier alpha value is -1.37. The van der Waals surface area contributed by atoms with Crippen molar-refractivity contribution in [1.82, 2.24) is 5.32 Å². The summed E-state index contributed by atoms with van der Waals surface area (Å²) in [5.41, 5.74) is 1.94. The summed E-state index contributed by atoms with van der Waals surface area (Å²) < 4.78 is 5.47. The maximum Gasteiger partial charge on any atom is 0.0991 e. The van der Waals surface area contributed by atoms with Gasteiger partial charge in [0.25, 0.3) is 0 Å². The first-order chi connectivity index (χ1) is 8.79. The minimum absolute atomic E-state index is 0.319. The molecule has 0 amide bonds. The highest BCUT2D eigenvalue weighted by molar-refractivity contribution is 5.32. The molecule has 0 spiro atoms. The summed E-state index contributed by atoms with van der Waals surface area (Å²) >= 11 is 0. The van der Waals surface area contributed by atoms with E-state index >= 15 is 0 Å². The summed E-state index contributed by atoms with van der Waals surface area (Å²) in [5, 5.41) is 12.3. The van der Waals surface area contributed by atoms with Crippen molar-refractivity contribution in [1.29, 1.82) is 5.26 Å². The average molecular weight is 244 g/mol. The fraction of sp³-hybridized carbons (Fsp3) is 0.533. The number of hydrogen-bond acceptors (Lipinski definition) is 3. The Labute approximate surface area is 109 Å². The number of nitriles is 1. The largest absolute Gasteiger partial charge is 0.381 e. The molecular weight excluding hydrogens is 224 g/mol. The summed E-state index contributed by atoms with van der Waals surface area (Å²) in [6.07, 6.45) is 2.44. The van der Waals surface area contributed by atoms with E-state index in [9.17, 15) is 0 Å². The van der Waals surface area contributed by atoms with Gasteiger partial charge in [-0.3, -0.25) is 0 Å². The van der Waals surface area contributed by atoms with Crippen LogP contribution in [0.15, 0.2) is 24.3 Å². The van der Waals surface area contributed by atoms with Gasteiger partial charge >= 0.3 is 0 Å². The molecule has 1 fully saturated rings. The van der Waals surface area contributed by atoms with E-state index in [-0.39, 0.29) is 0 Å². The van der Waals surface area contributed by atoms with Crippen LogP contribution in [0, 0.1) is 17.2 Å². The second-order valence-corrected chi connectivity index (χ2v) is 4.95. The van der Waals surface area contributed by atoms with Gasteiger partial charge in [-0.15, -0.1) is 0 Å². The molecule has 1 aliphatic rings. The van der Waals surface area contributed by atoms with Crippen LogP contribution in [0.2, 0.25) is 0 Å². The van der Waals surface area contributed by atoms with E-state index in [4.69, 9.17) is 10.00 Å². The minimum Gasteiger partial charge on any atom is -0.381 e. The Morgan fingerprint density at radius 2 is 2.22 bits per heavy atom. The molecule has 0 aromatic heterocycles. The van der Waals surface area contributed by atoms with Crippen LogP contribution in [0.3, 0.4) is 0 Å². The second kappa shape index (κ2) is 6.53. The molecule has 1 N–H and O–H groups in total. The zero-order valence-electron chi connectivity index (χ0n) is 10.9. The van der Waals surface area contributed by atoms with Gasteiger partial charge in [-0.05, 0) is 43.4 Å². The minimum atomic E-state index is 0.319. The molecule has 0 bridgehead atoms. The van der Waals surface area contributed by atoms with Gasteiger partial charge in [0.15, 0.2) is 0 Å². The van der Waals surface area contributed by atoms with E-state index in [1.165, 1.54) is 18.4 Å². The van der Waals surface area contributed by atoms with Gasteiger partial charge in [0.1, 0.15) is 0 Å². The smallest absolute Gasteiger partial charge is 0.0991 e. The predicted octanol–water partition coefficient (Wildman–Crippen LogP) is 2.64. The van der Waals surface area contributed by atoms with E-state index in [0.29, 0.717) is 17.5 Å². The van der Waals surface area contributed by atoms with Crippen molar-refractivity contribution < 1.29 is 4.74 Å². The van der Waals surface area contributed by atoms with Crippen LogP contribution in [0.25, 0.3) is 0 Å². The highest BCUT2D eigenvalue weighted by atomic mass is 16.5. The van der Waals surface area contributed by atoms with Gasteiger partial charge in [0.05, 0.1) is 18.2 Å². The first-order valence-corrected chi connectivity index (χ1v) is 6.61. The molecule has 2 unspecified atom stereocenters. The molecule has 96 valence electrons. The van der Waals surface area contributed by atoms with Crippen molar-refractivity contribution in [2.24, 2.45) is 5.92 Å². The van der Waals surface area contributed by atoms with E-state index in [0.717, 1.165) is 19.8 Å². The Kier molecular flexibility index (Phi) is 4.74. The molecule has 0 aliphatic carbocycles. The normalized spacial score (nSPS) is 21.2. The van der Waals surface area contributed by atoms with Gasteiger partial charge in [0, 0.05) is 19.2 Å². The van der Waals surface area contributed by atoms with E-state index < -0.39 is 0 Å². The molecule has 2 atom stereocenters. The van der Waals surface area contributed by atoms with E-state index in [2.05, 4.69) is 18.3 Å². The zero-order valence-corrected chi connectivity index (χ0v) is 10.9. The molecule has 1 saturated heterocycles. The van der Waals surface area contributed by atoms with E-state index in [1.807, 2.05) is 24.3 Å². The Morgan fingerprint density at radius 1 is 1.44 bits per heavy atom. The molecule has 1 aromatic carbocycles. The first kappa shape index (κ1) is 13.1. The van der Waals surface area contributed by atoms with Crippen LogP contribution in [0.4, 0.5) is 0 Å². The lowest BCUT2D eigenvalue weighted by Gasteiger charge is -2.24. The number of nitrogens with one attached hydrogen (secondary N) is 1. The summed E-state index contributed by atoms with van der Waals surface area (Å²) in [7, 11) is 0. The molecule has 1 aliphatic heterocycles. The van der Waals surface area contributed by atoms with Gasteiger partial charge in [-0.2, -0.15) is 5.26 Å². The first-order valence-electron chi connectivity index (χ1n) is 6.61. The lowest BCUT2D eigenvalue weighted by Crippen LogP contribution is -2.30. The molecule has 1 heterocycles. The predicted molar refractivity (Wildman–Crippen MR) is 71.1 cm³/mol. The third-order valence-electron chi connectivity index (χ3n) is 3.51. The Bertz CT molecular complexity index is 401. The summed E-state index contributed by atoms with van der Waals surface area (Å²) in [5.74, 6) is 0.639. The monoisotopic (exact) mass is 244 g/mol. The number of hydrogen-bond donors (Lipinski definition) is 1. The van der Waals surface area contributed by atoms with Gasteiger partial charge in [-0.1, -0.05) is 12.1 Å². The third kappa shape index (κ3) is 3.56. The van der Waals surface area contributed by atoms with Crippen molar-refractivity contribution in [2.45, 2.75) is 25.8 Å². The van der Waals surface area contributed by atoms with Crippen LogP contribution in [0.5, 0.6) is 0 Å². The standard InChI is InChI=1S/C15H20N2O/c1-12(15-6-4-13(9-16)5-7-15)17-10-14-3-2-8-18-11-14/h4-7,12,14,17H,2-3,8,10-11H2,1H3. The fourth-order valence-electron chi connectivity index (χ4n) is 2.28. The van der Waals surface area contributed by atoms with Gasteiger partial charge in [-0.25, -0.2) is 0 Å². The number of benzene rings is 1. The van der Waals surface area contributed by atoms with Crippen molar-refractivity contribution in [3.63, 3.8) is 0 Å². The molecule has 3 heteroatoms. The van der Waals surface area contributed by atoms with E-state index in [1.54, 1.807) is 0 Å². The molecular formula is C15H20N2O. The van der Waals surface area contributed by atoms with Gasteiger partial charge in [0.2, 0.25) is 0 Å². The lowest BCUT2D eigenvalue weighted by atomic mass is 10.0. The highest BCUT2D eigenvalue weighted by Gasteiger charge is 2.14. The molecule has 2 rings (SSSR count). The van der Waals surface area contributed by atoms with Crippen molar-refractivity contribution in [3.8, 4) is 6.07 Å². The Morgan fingerprint density at radius 3 is 2.83 bits per heavy atom. The second-order valence-electron chi connectivity index (χ2n) is 4.95. The molecule has 3 nitrogen and oxygen atoms in total. The number of ether oxygens (including phenoxy) is 1. The maximum absolute atomic E-state index is 8.76. The maximum atomic E-state index is 8.76. The van der Waals surface area contributed by atoms with Crippen molar-refractivity contribution in [3.05, 3.63) is 35.4 Å². The summed E-state index contributed by atoms with van der Waals surface area (Å²) in [6, 6.07) is 10.2. The third-order valence-corrected chi connectivity index (χ3v) is 3.51. The van der Waals surface area contributed by atoms with Crippen molar-refractivity contribution >= 4 is 0 Å². The molecule has 18 heavy (non-hydrogen) atoms. The van der Waals surface area contributed by atoms with Crippen LogP contribution in [-0.2, 0) is 4.74 Å². The van der Waals surface area contributed by atoms with Crippen molar-refractivity contribution in [2.75, 3.05) is 19.8 Å². The van der Waals surface area contributed by atoms with Crippen LogP contribution in [0.1, 0.15) is 36.9 Å². The average Bonchev–Trinajstić information content (AvgIpc) is 2.46. The number of nitrogens with zero attached hydrogens (tertiary/aromatic N) is 1.